The zero-order chi connectivity index (χ0) is 21.2. The van der Waals surface area contributed by atoms with Crippen LogP contribution in [0.4, 0.5) is 5.69 Å². The van der Waals surface area contributed by atoms with Gasteiger partial charge in [-0.15, -0.1) is 9.24 Å². The van der Waals surface area contributed by atoms with E-state index in [2.05, 4.69) is 83.4 Å². The maximum Gasteiger partial charge on any atom is 0.232 e. The van der Waals surface area contributed by atoms with Gasteiger partial charge in [-0.1, -0.05) is 13.8 Å². The van der Waals surface area contributed by atoms with Gasteiger partial charge in [0.15, 0.2) is 0 Å². The fourth-order valence-electron chi connectivity index (χ4n) is 4.54. The Morgan fingerprint density at radius 3 is 2.60 bits per heavy atom. The number of H-pyrrole nitrogens is 1. The molecule has 3 aromatic rings. The molecule has 5 rings (SSSR count). The molecule has 0 radical (unpaired) electrons. The molecule has 1 aliphatic heterocycles. The molecule has 1 unspecified atom stereocenters. The molecular formula is C22H22I2N3O2P. The van der Waals surface area contributed by atoms with E-state index >= 15 is 0 Å². The van der Waals surface area contributed by atoms with Crippen molar-refractivity contribution in [3.05, 3.63) is 49.4 Å². The van der Waals surface area contributed by atoms with Crippen LogP contribution in [0.1, 0.15) is 38.3 Å². The summed E-state index contributed by atoms with van der Waals surface area (Å²) in [5, 5.41) is 0.308. The van der Waals surface area contributed by atoms with Crippen LogP contribution in [0, 0.1) is 13.1 Å². The van der Waals surface area contributed by atoms with Gasteiger partial charge in [0, 0.05) is 18.4 Å². The Morgan fingerprint density at radius 2 is 1.93 bits per heavy atom. The van der Waals surface area contributed by atoms with Crippen LogP contribution < -0.4 is 9.64 Å². The van der Waals surface area contributed by atoms with Crippen molar-refractivity contribution in [1.29, 1.82) is 0 Å². The number of carbonyl (C=O) groups excluding carboxylic acids is 1. The highest BCUT2D eigenvalue weighted by Gasteiger charge is 2.47. The summed E-state index contributed by atoms with van der Waals surface area (Å²) in [5.41, 5.74) is 3.93. The number of rotatable bonds is 4. The van der Waals surface area contributed by atoms with E-state index in [1.165, 1.54) is 5.56 Å². The lowest BCUT2D eigenvalue weighted by Gasteiger charge is -2.47. The van der Waals surface area contributed by atoms with Crippen molar-refractivity contribution in [2.24, 2.45) is 5.92 Å². The third kappa shape index (κ3) is 3.54. The summed E-state index contributed by atoms with van der Waals surface area (Å²) in [5.74, 6) is 1.01. The van der Waals surface area contributed by atoms with Crippen molar-refractivity contribution in [2.75, 3.05) is 4.90 Å². The van der Waals surface area contributed by atoms with Gasteiger partial charge in [0.1, 0.15) is 11.9 Å². The van der Waals surface area contributed by atoms with Crippen LogP contribution in [-0.2, 0) is 4.79 Å². The summed E-state index contributed by atoms with van der Waals surface area (Å²) in [4.78, 5) is 22.2. The summed E-state index contributed by atoms with van der Waals surface area (Å²) in [6, 6.07) is 10.2. The van der Waals surface area contributed by atoms with Gasteiger partial charge in [0.2, 0.25) is 5.91 Å². The lowest BCUT2D eigenvalue weighted by atomic mass is 9.82. The maximum atomic E-state index is 12.8. The number of aromatic nitrogens is 2. The molecule has 1 saturated heterocycles. The van der Waals surface area contributed by atoms with Crippen molar-refractivity contribution in [3.63, 3.8) is 0 Å². The minimum absolute atomic E-state index is 0.0146. The van der Waals surface area contributed by atoms with E-state index in [4.69, 9.17) is 4.74 Å². The Bertz CT molecular complexity index is 1130. The van der Waals surface area contributed by atoms with E-state index in [-0.39, 0.29) is 24.0 Å². The molecule has 1 aromatic heterocycles. The van der Waals surface area contributed by atoms with Crippen molar-refractivity contribution in [2.45, 2.75) is 44.0 Å². The summed E-state index contributed by atoms with van der Waals surface area (Å²) < 4.78 is 8.49. The average Bonchev–Trinajstić information content (AvgIpc) is 3.12. The number of amides is 1. The maximum absolute atomic E-state index is 12.8. The normalized spacial score (nSPS) is 28.4. The second-order valence-corrected chi connectivity index (χ2v) is 12.4. The van der Waals surface area contributed by atoms with Gasteiger partial charge in [-0.05, 0) is 93.5 Å². The van der Waals surface area contributed by atoms with Crippen LogP contribution in [0.15, 0.2) is 36.7 Å². The molecule has 2 aliphatic rings. The number of fused-ring (bicyclic) bond motifs is 1. The first-order valence-corrected chi connectivity index (χ1v) is 12.7. The molecule has 156 valence electrons. The average molecular weight is 645 g/mol. The quantitative estimate of drug-likeness (QED) is 0.226. The Kier molecular flexibility index (Phi) is 5.30. The van der Waals surface area contributed by atoms with Crippen molar-refractivity contribution < 1.29 is 9.53 Å². The number of ether oxygens (including phenoxy) is 1. The van der Waals surface area contributed by atoms with Gasteiger partial charge in [-0.2, -0.15) is 0 Å². The van der Waals surface area contributed by atoms with Crippen LogP contribution in [0.25, 0.3) is 11.0 Å². The highest BCUT2D eigenvalue weighted by atomic mass is 127. The number of nitrogens with one attached hydrogen (secondary N) is 1. The van der Waals surface area contributed by atoms with E-state index in [1.54, 1.807) is 6.33 Å². The number of anilines is 1. The zero-order valence-corrected chi connectivity index (χ0v) is 22.1. The third-order valence-corrected chi connectivity index (χ3v) is 8.36. The van der Waals surface area contributed by atoms with E-state index in [1.807, 2.05) is 30.0 Å². The van der Waals surface area contributed by atoms with E-state index in [0.29, 0.717) is 5.16 Å². The highest BCUT2D eigenvalue weighted by molar-refractivity contribution is 14.1. The number of nitrogens with zero attached hydrogens (tertiary/aromatic N) is 2. The lowest BCUT2D eigenvalue weighted by Crippen LogP contribution is -2.54. The monoisotopic (exact) mass is 645 g/mol. The molecule has 0 spiro atoms. The Morgan fingerprint density at radius 1 is 1.23 bits per heavy atom. The molecule has 1 amide bonds. The molecule has 3 atom stereocenters. The molecule has 2 heterocycles. The topological polar surface area (TPSA) is 58.2 Å². The smallest absolute Gasteiger partial charge is 0.232 e. The first-order valence-electron chi connectivity index (χ1n) is 9.94. The SMILES string of the molecule is C[C@H]1C(=O)N(c2ccc3[nH]cnc3c2)[C@H]1c1c(I)cc(OC2CC(C)(P)C2)cc1I. The number of aromatic amines is 1. The van der Waals surface area contributed by atoms with Crippen LogP contribution in [-0.4, -0.2) is 27.1 Å². The number of imidazole rings is 1. The Labute approximate surface area is 205 Å². The summed E-state index contributed by atoms with van der Waals surface area (Å²) in [7, 11) is 2.92. The molecule has 1 N–H and O–H groups in total. The number of hydrogen-bond donors (Lipinski definition) is 1. The van der Waals surface area contributed by atoms with Crippen LogP contribution >= 0.6 is 54.4 Å². The fraction of sp³-hybridized carbons (Fsp3) is 0.364. The minimum atomic E-state index is -0.0573. The Hall–Kier alpha value is -0.930. The Balaban J connectivity index is 1.45. The van der Waals surface area contributed by atoms with E-state index in [9.17, 15) is 4.79 Å². The standard InChI is InChI=1S/C22H22I2N3O2P/c1-11-20(27(21(11)28)12-3-4-17-18(5-12)26-10-25-17)19-15(23)6-13(7-16(19)24)29-14-8-22(2,30)9-14/h3-7,10-11,14,20H,8-9,30H2,1-2H3,(H,25,26)/t11-,14?,20-,22?/m1/s1. The molecule has 0 bridgehead atoms. The van der Waals surface area contributed by atoms with Gasteiger partial charge < -0.3 is 14.6 Å². The first-order chi connectivity index (χ1) is 14.2. The number of β-lactam (4-membered cyclic amide) rings is 1. The molecule has 5 nitrogen and oxygen atoms in total. The molecule has 2 aromatic carbocycles. The van der Waals surface area contributed by atoms with E-state index in [0.717, 1.165) is 42.5 Å². The lowest BCUT2D eigenvalue weighted by molar-refractivity contribution is -0.129. The molecule has 2 fully saturated rings. The molecular weight excluding hydrogens is 623 g/mol. The second-order valence-electron chi connectivity index (χ2n) is 8.65. The largest absolute Gasteiger partial charge is 0.490 e. The molecule has 1 aliphatic carbocycles. The van der Waals surface area contributed by atoms with Gasteiger partial charge in [-0.3, -0.25) is 4.79 Å². The van der Waals surface area contributed by atoms with Crippen LogP contribution in [0.5, 0.6) is 5.75 Å². The van der Waals surface area contributed by atoms with Crippen molar-refractivity contribution in [3.8, 4) is 5.75 Å². The van der Waals surface area contributed by atoms with Gasteiger partial charge in [0.05, 0.1) is 29.3 Å². The second kappa shape index (κ2) is 7.59. The number of carbonyl (C=O) groups is 1. The van der Waals surface area contributed by atoms with Gasteiger partial charge in [-0.25, -0.2) is 4.98 Å². The predicted molar refractivity (Wildman–Crippen MR) is 139 cm³/mol. The highest BCUT2D eigenvalue weighted by Crippen LogP contribution is 2.48. The fourth-order valence-corrected chi connectivity index (χ4v) is 7.41. The number of benzene rings is 2. The summed E-state index contributed by atoms with van der Waals surface area (Å²) in [6.07, 6.45) is 4.08. The zero-order valence-electron chi connectivity index (χ0n) is 16.7. The summed E-state index contributed by atoms with van der Waals surface area (Å²) in [6.45, 7) is 4.26. The molecule has 1 saturated carbocycles. The molecule has 8 heteroatoms. The number of hydrogen-bond acceptors (Lipinski definition) is 3. The third-order valence-electron chi connectivity index (χ3n) is 6.10. The van der Waals surface area contributed by atoms with E-state index < -0.39 is 0 Å². The van der Waals surface area contributed by atoms with Gasteiger partial charge >= 0.3 is 0 Å². The molecule has 30 heavy (non-hydrogen) atoms. The first kappa shape index (κ1) is 20.9. The van der Waals surface area contributed by atoms with Crippen LogP contribution in [0.2, 0.25) is 0 Å². The minimum Gasteiger partial charge on any atom is -0.490 e. The van der Waals surface area contributed by atoms with Crippen molar-refractivity contribution in [1.82, 2.24) is 9.97 Å². The van der Waals surface area contributed by atoms with Crippen LogP contribution in [0.3, 0.4) is 0 Å². The van der Waals surface area contributed by atoms with Gasteiger partial charge in [0.25, 0.3) is 0 Å². The summed E-state index contributed by atoms with van der Waals surface area (Å²) >= 11 is 4.77. The number of halogens is 2. The predicted octanol–water partition coefficient (Wildman–Crippen LogP) is 5.67. The van der Waals surface area contributed by atoms with Crippen molar-refractivity contribution >= 4 is 77.0 Å².